The third-order valence-corrected chi connectivity index (χ3v) is 5.28. The first kappa shape index (κ1) is 27.8. The molecule has 7 nitrogen and oxygen atoms in total. The van der Waals surface area contributed by atoms with E-state index in [1.165, 1.54) is 0 Å². The molecule has 1 aromatic carbocycles. The highest BCUT2D eigenvalue weighted by molar-refractivity contribution is 14.0. The SMILES string of the molecule is CCNC(=NCC(C)(C)c1ccc(OC)c(OC)c1)NCCCOCC1CCOC1.I. The molecule has 8 heteroatoms. The molecule has 1 fully saturated rings. The lowest BCUT2D eigenvalue weighted by atomic mass is 9.84. The van der Waals surface area contributed by atoms with Crippen molar-refractivity contribution in [1.29, 1.82) is 0 Å². The number of hydrogen-bond donors (Lipinski definition) is 2. The molecule has 1 unspecified atom stereocenters. The fraction of sp³-hybridized carbons (Fsp3) is 0.696. The number of guanidine groups is 1. The van der Waals surface area contributed by atoms with Crippen LogP contribution in [0.25, 0.3) is 0 Å². The van der Waals surface area contributed by atoms with Crippen molar-refractivity contribution in [3.05, 3.63) is 23.8 Å². The zero-order valence-electron chi connectivity index (χ0n) is 19.7. The van der Waals surface area contributed by atoms with Crippen LogP contribution in [-0.2, 0) is 14.9 Å². The van der Waals surface area contributed by atoms with Crippen molar-refractivity contribution < 1.29 is 18.9 Å². The van der Waals surface area contributed by atoms with Gasteiger partial charge in [-0.3, -0.25) is 4.99 Å². The van der Waals surface area contributed by atoms with Crippen molar-refractivity contribution >= 4 is 29.9 Å². The minimum Gasteiger partial charge on any atom is -0.493 e. The fourth-order valence-corrected chi connectivity index (χ4v) is 3.31. The number of ether oxygens (including phenoxy) is 4. The average molecular weight is 549 g/mol. The van der Waals surface area contributed by atoms with Crippen LogP contribution < -0.4 is 20.1 Å². The summed E-state index contributed by atoms with van der Waals surface area (Å²) in [6.07, 6.45) is 2.06. The first-order chi connectivity index (χ1) is 14.5. The summed E-state index contributed by atoms with van der Waals surface area (Å²) >= 11 is 0. The first-order valence-electron chi connectivity index (χ1n) is 10.9. The summed E-state index contributed by atoms with van der Waals surface area (Å²) in [7, 11) is 3.31. The van der Waals surface area contributed by atoms with Crippen molar-refractivity contribution in [2.45, 2.75) is 39.0 Å². The van der Waals surface area contributed by atoms with Crippen LogP contribution >= 0.6 is 24.0 Å². The molecule has 1 aliphatic rings. The Hall–Kier alpha value is -1.26. The van der Waals surface area contributed by atoms with Crippen LogP contribution in [0.15, 0.2) is 23.2 Å². The number of nitrogens with zero attached hydrogens (tertiary/aromatic N) is 1. The number of halogens is 1. The molecule has 2 rings (SSSR count). The van der Waals surface area contributed by atoms with E-state index in [2.05, 4.69) is 37.5 Å². The predicted molar refractivity (Wildman–Crippen MR) is 136 cm³/mol. The minimum atomic E-state index is -0.144. The summed E-state index contributed by atoms with van der Waals surface area (Å²) in [5.41, 5.74) is 1.01. The highest BCUT2D eigenvalue weighted by Crippen LogP contribution is 2.33. The van der Waals surface area contributed by atoms with Crippen molar-refractivity contribution in [3.8, 4) is 11.5 Å². The van der Waals surface area contributed by atoms with Gasteiger partial charge in [-0.2, -0.15) is 0 Å². The van der Waals surface area contributed by atoms with Gasteiger partial charge >= 0.3 is 0 Å². The van der Waals surface area contributed by atoms with Gasteiger partial charge < -0.3 is 29.6 Å². The number of benzene rings is 1. The Morgan fingerprint density at radius 3 is 2.61 bits per heavy atom. The first-order valence-corrected chi connectivity index (χ1v) is 10.9. The molecule has 0 aliphatic carbocycles. The molecule has 0 radical (unpaired) electrons. The second-order valence-electron chi connectivity index (χ2n) is 8.23. The number of methoxy groups -OCH3 is 2. The minimum absolute atomic E-state index is 0. The topological polar surface area (TPSA) is 73.3 Å². The van der Waals surface area contributed by atoms with Crippen LogP contribution in [0.2, 0.25) is 0 Å². The molecule has 1 aliphatic heterocycles. The number of nitrogens with one attached hydrogen (secondary N) is 2. The van der Waals surface area contributed by atoms with Gasteiger partial charge in [-0.25, -0.2) is 0 Å². The summed E-state index contributed by atoms with van der Waals surface area (Å²) in [4.78, 5) is 4.81. The molecule has 0 spiro atoms. The van der Waals surface area contributed by atoms with Gasteiger partial charge in [0.1, 0.15) is 0 Å². The smallest absolute Gasteiger partial charge is 0.191 e. The van der Waals surface area contributed by atoms with Crippen molar-refractivity contribution in [2.75, 3.05) is 60.3 Å². The largest absolute Gasteiger partial charge is 0.493 e. The van der Waals surface area contributed by atoms with E-state index >= 15 is 0 Å². The Labute approximate surface area is 204 Å². The van der Waals surface area contributed by atoms with E-state index in [-0.39, 0.29) is 29.4 Å². The second-order valence-corrected chi connectivity index (χ2v) is 8.23. The molecule has 178 valence electrons. The van der Waals surface area contributed by atoms with Gasteiger partial charge in [0.15, 0.2) is 17.5 Å². The molecule has 1 atom stereocenters. The second kappa shape index (κ2) is 14.7. The molecule has 1 aromatic rings. The van der Waals surface area contributed by atoms with Gasteiger partial charge in [0, 0.05) is 37.6 Å². The Morgan fingerprint density at radius 2 is 1.97 bits per heavy atom. The van der Waals surface area contributed by atoms with E-state index in [0.29, 0.717) is 12.5 Å². The summed E-state index contributed by atoms with van der Waals surface area (Å²) in [6, 6.07) is 6.05. The van der Waals surface area contributed by atoms with Gasteiger partial charge in [0.2, 0.25) is 0 Å². The van der Waals surface area contributed by atoms with Gasteiger partial charge in [0.05, 0.1) is 34.0 Å². The predicted octanol–water partition coefficient (Wildman–Crippen LogP) is 3.60. The summed E-state index contributed by atoms with van der Waals surface area (Å²) in [5.74, 6) is 2.87. The van der Waals surface area contributed by atoms with Crippen LogP contribution in [0.5, 0.6) is 11.5 Å². The Kier molecular flexibility index (Phi) is 13.2. The van der Waals surface area contributed by atoms with Crippen LogP contribution in [0, 0.1) is 5.92 Å². The summed E-state index contributed by atoms with van der Waals surface area (Å²) in [5, 5.41) is 6.72. The van der Waals surface area contributed by atoms with Crippen molar-refractivity contribution in [3.63, 3.8) is 0 Å². The highest BCUT2D eigenvalue weighted by atomic mass is 127. The molecule has 1 heterocycles. The van der Waals surface area contributed by atoms with E-state index in [9.17, 15) is 0 Å². The lowest BCUT2D eigenvalue weighted by Crippen LogP contribution is -2.39. The van der Waals surface area contributed by atoms with E-state index in [1.807, 2.05) is 12.1 Å². The van der Waals surface area contributed by atoms with Crippen LogP contribution in [-0.4, -0.2) is 66.2 Å². The standard InChI is InChI=1S/C23H39N3O4.HI/c1-6-24-22(25-11-7-12-29-15-18-10-13-30-16-18)26-17-23(2,3)19-8-9-20(27-4)21(14-19)28-5;/h8-9,14,18H,6-7,10-13,15-17H2,1-5H3,(H2,24,25,26);1H. The third-order valence-electron chi connectivity index (χ3n) is 5.28. The molecule has 0 saturated carbocycles. The molecular weight excluding hydrogens is 509 g/mol. The maximum atomic E-state index is 5.77. The zero-order chi connectivity index (χ0) is 21.8. The maximum absolute atomic E-state index is 5.77. The Morgan fingerprint density at radius 1 is 1.19 bits per heavy atom. The van der Waals surface area contributed by atoms with Gasteiger partial charge in [-0.1, -0.05) is 19.9 Å². The lowest BCUT2D eigenvalue weighted by Gasteiger charge is -2.25. The Balaban J connectivity index is 0.00000480. The van der Waals surface area contributed by atoms with E-state index in [0.717, 1.165) is 75.4 Å². The Bertz CT molecular complexity index is 664. The van der Waals surface area contributed by atoms with Crippen LogP contribution in [0.4, 0.5) is 0 Å². The van der Waals surface area contributed by atoms with E-state index in [1.54, 1.807) is 14.2 Å². The molecular formula is C23H40IN3O4. The van der Waals surface area contributed by atoms with E-state index < -0.39 is 0 Å². The number of hydrogen-bond acceptors (Lipinski definition) is 5. The maximum Gasteiger partial charge on any atom is 0.191 e. The van der Waals surface area contributed by atoms with Crippen LogP contribution in [0.3, 0.4) is 0 Å². The molecule has 1 saturated heterocycles. The quantitative estimate of drug-likeness (QED) is 0.180. The molecule has 2 N–H and O–H groups in total. The molecule has 0 aromatic heterocycles. The van der Waals surface area contributed by atoms with Crippen LogP contribution in [0.1, 0.15) is 39.2 Å². The monoisotopic (exact) mass is 549 g/mol. The number of aliphatic imine (C=N–C) groups is 1. The van der Waals surface area contributed by atoms with Crippen molar-refractivity contribution in [1.82, 2.24) is 10.6 Å². The zero-order valence-corrected chi connectivity index (χ0v) is 22.0. The third kappa shape index (κ3) is 9.41. The average Bonchev–Trinajstić information content (AvgIpc) is 3.27. The van der Waals surface area contributed by atoms with Crippen molar-refractivity contribution in [2.24, 2.45) is 10.9 Å². The summed E-state index contributed by atoms with van der Waals surface area (Å²) in [6.45, 7) is 12.0. The van der Waals surface area contributed by atoms with Gasteiger partial charge in [-0.15, -0.1) is 24.0 Å². The molecule has 0 bridgehead atoms. The molecule has 31 heavy (non-hydrogen) atoms. The highest BCUT2D eigenvalue weighted by Gasteiger charge is 2.22. The van der Waals surface area contributed by atoms with Gasteiger partial charge in [0.25, 0.3) is 0 Å². The lowest BCUT2D eigenvalue weighted by molar-refractivity contribution is 0.0888. The molecule has 0 amide bonds. The van der Waals surface area contributed by atoms with E-state index in [4.69, 9.17) is 23.9 Å². The fourth-order valence-electron chi connectivity index (χ4n) is 3.31. The summed E-state index contributed by atoms with van der Waals surface area (Å²) < 4.78 is 21.9. The normalized spacial score (nSPS) is 16.5. The number of rotatable bonds is 12. The van der Waals surface area contributed by atoms with Gasteiger partial charge in [-0.05, 0) is 37.5 Å².